The van der Waals surface area contributed by atoms with Crippen molar-refractivity contribution in [2.45, 2.75) is 6.54 Å². The van der Waals surface area contributed by atoms with E-state index in [4.69, 9.17) is 0 Å². The van der Waals surface area contributed by atoms with Gasteiger partial charge in [0.25, 0.3) is 0 Å². The summed E-state index contributed by atoms with van der Waals surface area (Å²) in [6.07, 6.45) is 6.64. The minimum Gasteiger partial charge on any atom is -0.268 e. The zero-order chi connectivity index (χ0) is 17.7. The van der Waals surface area contributed by atoms with Gasteiger partial charge in [-0.1, -0.05) is 30.3 Å². The van der Waals surface area contributed by atoms with Crippen LogP contribution in [-0.4, -0.2) is 23.2 Å². The number of aromatic nitrogens is 3. The average Bonchev–Trinajstić information content (AvgIpc) is 3.06. The number of sulfonamides is 1. The van der Waals surface area contributed by atoms with E-state index in [1.165, 1.54) is 5.41 Å². The molecule has 0 aliphatic carbocycles. The van der Waals surface area contributed by atoms with Crippen molar-refractivity contribution in [2.24, 2.45) is 7.05 Å². The maximum absolute atomic E-state index is 12.1. The van der Waals surface area contributed by atoms with Crippen LogP contribution in [0.1, 0.15) is 11.1 Å². The third kappa shape index (κ3) is 4.62. The lowest BCUT2D eigenvalue weighted by Crippen LogP contribution is -2.20. The van der Waals surface area contributed by atoms with E-state index in [0.717, 1.165) is 22.4 Å². The van der Waals surface area contributed by atoms with Gasteiger partial charge in [0.2, 0.25) is 10.0 Å². The molecule has 1 N–H and O–H groups in total. The van der Waals surface area contributed by atoms with E-state index in [1.807, 2.05) is 49.5 Å². The Morgan fingerprint density at radius 2 is 1.96 bits per heavy atom. The summed E-state index contributed by atoms with van der Waals surface area (Å²) in [6, 6.07) is 13.1. The first kappa shape index (κ1) is 17.1. The molecule has 0 saturated heterocycles. The number of hydrogen-bond donors (Lipinski definition) is 1. The number of pyridine rings is 1. The van der Waals surface area contributed by atoms with Gasteiger partial charge in [0, 0.05) is 43.2 Å². The van der Waals surface area contributed by atoms with E-state index in [-0.39, 0.29) is 6.54 Å². The van der Waals surface area contributed by atoms with Gasteiger partial charge >= 0.3 is 0 Å². The van der Waals surface area contributed by atoms with Crippen LogP contribution in [0.4, 0.5) is 0 Å². The molecule has 2 heterocycles. The van der Waals surface area contributed by atoms with Crippen LogP contribution in [0.5, 0.6) is 0 Å². The Morgan fingerprint density at radius 3 is 2.68 bits per heavy atom. The summed E-state index contributed by atoms with van der Waals surface area (Å²) in [4.78, 5) is 4.18. The van der Waals surface area contributed by atoms with Gasteiger partial charge in [-0.3, -0.25) is 9.67 Å². The van der Waals surface area contributed by atoms with Crippen molar-refractivity contribution in [3.8, 4) is 11.3 Å². The molecule has 0 unspecified atom stereocenters. The van der Waals surface area contributed by atoms with Crippen LogP contribution in [0.25, 0.3) is 17.3 Å². The molecule has 0 spiro atoms. The van der Waals surface area contributed by atoms with Gasteiger partial charge in [-0.25, -0.2) is 13.1 Å². The van der Waals surface area contributed by atoms with Gasteiger partial charge in [-0.2, -0.15) is 5.10 Å². The highest BCUT2D eigenvalue weighted by Crippen LogP contribution is 2.18. The molecule has 0 radical (unpaired) electrons. The maximum Gasteiger partial charge on any atom is 0.234 e. The Labute approximate surface area is 146 Å². The summed E-state index contributed by atoms with van der Waals surface area (Å²) < 4.78 is 28.5. The molecule has 128 valence electrons. The van der Waals surface area contributed by atoms with E-state index in [1.54, 1.807) is 29.3 Å². The molecule has 7 heteroatoms. The number of aryl methyl sites for hydroxylation is 1. The second kappa shape index (κ2) is 7.42. The van der Waals surface area contributed by atoms with E-state index in [9.17, 15) is 8.42 Å². The second-order valence-electron chi connectivity index (χ2n) is 5.50. The van der Waals surface area contributed by atoms with E-state index in [0.29, 0.717) is 0 Å². The van der Waals surface area contributed by atoms with Crippen LogP contribution in [0, 0.1) is 0 Å². The average molecular weight is 354 g/mol. The van der Waals surface area contributed by atoms with E-state index in [2.05, 4.69) is 14.8 Å². The smallest absolute Gasteiger partial charge is 0.234 e. The number of hydrogen-bond acceptors (Lipinski definition) is 4. The van der Waals surface area contributed by atoms with Gasteiger partial charge in [0.1, 0.15) is 0 Å². The van der Waals surface area contributed by atoms with Crippen molar-refractivity contribution >= 4 is 16.1 Å². The maximum atomic E-state index is 12.1. The van der Waals surface area contributed by atoms with Crippen molar-refractivity contribution in [2.75, 3.05) is 0 Å². The highest BCUT2D eigenvalue weighted by Gasteiger charge is 2.08. The van der Waals surface area contributed by atoms with Crippen LogP contribution in [-0.2, 0) is 23.6 Å². The fraction of sp³-hybridized carbons (Fsp3) is 0.111. The minimum absolute atomic E-state index is 0.167. The Morgan fingerprint density at radius 1 is 1.16 bits per heavy atom. The molecule has 0 fully saturated rings. The van der Waals surface area contributed by atoms with Crippen molar-refractivity contribution in [3.05, 3.63) is 77.6 Å². The molecular weight excluding hydrogens is 336 g/mol. The predicted molar refractivity (Wildman–Crippen MR) is 97.7 cm³/mol. The third-order valence-corrected chi connectivity index (χ3v) is 4.67. The van der Waals surface area contributed by atoms with Crippen molar-refractivity contribution in [3.63, 3.8) is 0 Å². The van der Waals surface area contributed by atoms with Crippen LogP contribution >= 0.6 is 0 Å². The summed E-state index contributed by atoms with van der Waals surface area (Å²) >= 11 is 0. The number of nitrogens with one attached hydrogen (secondary N) is 1. The van der Waals surface area contributed by atoms with E-state index >= 15 is 0 Å². The summed E-state index contributed by atoms with van der Waals surface area (Å²) in [5.41, 5.74) is 3.40. The monoisotopic (exact) mass is 354 g/mol. The first-order chi connectivity index (χ1) is 12.0. The summed E-state index contributed by atoms with van der Waals surface area (Å²) in [7, 11) is -1.68. The van der Waals surface area contributed by atoms with Crippen LogP contribution < -0.4 is 4.72 Å². The van der Waals surface area contributed by atoms with Gasteiger partial charge in [0.05, 0.1) is 5.69 Å². The molecule has 0 amide bonds. The Bertz CT molecular complexity index is 979. The quantitative estimate of drug-likeness (QED) is 0.738. The molecule has 0 bridgehead atoms. The van der Waals surface area contributed by atoms with Crippen molar-refractivity contribution < 1.29 is 8.42 Å². The standard InChI is InChI=1S/C18H18N4O2S/c1-22-18(7-9-20-22)17-11-16(12-19-14-17)13-21-25(23,24)10-8-15-5-3-2-4-6-15/h2-12,14,21H,13H2,1H3/b10-8+. The predicted octanol–water partition coefficient (Wildman–Crippen LogP) is 2.57. The van der Waals surface area contributed by atoms with Crippen LogP contribution in [0.2, 0.25) is 0 Å². The Hall–Kier alpha value is -2.77. The minimum atomic E-state index is -3.53. The fourth-order valence-electron chi connectivity index (χ4n) is 2.35. The van der Waals surface area contributed by atoms with Crippen molar-refractivity contribution in [1.82, 2.24) is 19.5 Å². The first-order valence-electron chi connectivity index (χ1n) is 7.69. The highest BCUT2D eigenvalue weighted by atomic mass is 32.2. The number of benzene rings is 1. The van der Waals surface area contributed by atoms with Gasteiger partial charge < -0.3 is 0 Å². The van der Waals surface area contributed by atoms with Crippen LogP contribution in [0.3, 0.4) is 0 Å². The molecule has 0 aliphatic heterocycles. The zero-order valence-corrected chi connectivity index (χ0v) is 14.5. The molecule has 2 aromatic heterocycles. The van der Waals surface area contributed by atoms with Gasteiger partial charge in [-0.15, -0.1) is 0 Å². The normalized spacial score (nSPS) is 11.9. The lowest BCUT2D eigenvalue weighted by Gasteiger charge is -2.06. The summed E-state index contributed by atoms with van der Waals surface area (Å²) in [6.45, 7) is 0.167. The largest absolute Gasteiger partial charge is 0.268 e. The molecular formula is C18H18N4O2S. The van der Waals surface area contributed by atoms with Gasteiger partial charge in [0.15, 0.2) is 0 Å². The van der Waals surface area contributed by atoms with Crippen LogP contribution in [0.15, 0.2) is 66.5 Å². The number of rotatable bonds is 6. The molecule has 0 aliphatic rings. The van der Waals surface area contributed by atoms with E-state index < -0.39 is 10.0 Å². The summed E-state index contributed by atoms with van der Waals surface area (Å²) in [5.74, 6) is 0. The molecule has 6 nitrogen and oxygen atoms in total. The zero-order valence-electron chi connectivity index (χ0n) is 13.7. The SMILES string of the molecule is Cn1nccc1-c1cncc(CNS(=O)(=O)/C=C/c2ccccc2)c1. The number of nitrogens with zero attached hydrogens (tertiary/aromatic N) is 3. The Balaban J connectivity index is 1.69. The molecule has 3 rings (SSSR count). The van der Waals surface area contributed by atoms with Gasteiger partial charge in [-0.05, 0) is 29.3 Å². The molecule has 1 aromatic carbocycles. The highest BCUT2D eigenvalue weighted by molar-refractivity contribution is 7.92. The summed E-state index contributed by atoms with van der Waals surface area (Å²) in [5, 5.41) is 5.30. The Kier molecular flexibility index (Phi) is 5.06. The lowest BCUT2D eigenvalue weighted by atomic mass is 10.1. The molecule has 25 heavy (non-hydrogen) atoms. The van der Waals surface area contributed by atoms with Crippen molar-refractivity contribution in [1.29, 1.82) is 0 Å². The molecule has 3 aromatic rings. The molecule has 0 atom stereocenters. The fourth-order valence-corrected chi connectivity index (χ4v) is 3.15. The first-order valence-corrected chi connectivity index (χ1v) is 9.23. The lowest BCUT2D eigenvalue weighted by molar-refractivity contribution is 0.590. The molecule has 0 saturated carbocycles. The second-order valence-corrected chi connectivity index (χ2v) is 7.15. The third-order valence-electron chi connectivity index (χ3n) is 3.63. The topological polar surface area (TPSA) is 76.9 Å².